The molecular weight excluding hydrogens is 364 g/mol. The van der Waals surface area contributed by atoms with Crippen LogP contribution < -0.4 is 15.0 Å². The van der Waals surface area contributed by atoms with Crippen molar-refractivity contribution < 1.29 is 14.6 Å². The zero-order valence-electron chi connectivity index (χ0n) is 17.9. The Kier molecular flexibility index (Phi) is 6.36. The van der Waals surface area contributed by atoms with Crippen LogP contribution in [0.4, 0.5) is 11.4 Å². The first-order valence-corrected chi connectivity index (χ1v) is 10.3. The fourth-order valence-corrected chi connectivity index (χ4v) is 4.01. The molecule has 0 aliphatic carbocycles. The number of nitrogens with zero attached hydrogens (tertiary/aromatic N) is 1. The van der Waals surface area contributed by atoms with Crippen LogP contribution in [0.15, 0.2) is 42.5 Å². The molecule has 1 saturated heterocycles. The van der Waals surface area contributed by atoms with E-state index in [2.05, 4.69) is 37.1 Å². The number of benzene rings is 2. The zero-order chi connectivity index (χ0) is 21.0. The van der Waals surface area contributed by atoms with Crippen molar-refractivity contribution in [2.75, 3.05) is 30.4 Å². The molecule has 5 nitrogen and oxygen atoms in total. The summed E-state index contributed by atoms with van der Waals surface area (Å²) in [4.78, 5) is 14.9. The van der Waals surface area contributed by atoms with Crippen LogP contribution in [0.5, 0.6) is 11.5 Å². The highest BCUT2D eigenvalue weighted by Gasteiger charge is 2.28. The van der Waals surface area contributed by atoms with E-state index in [0.29, 0.717) is 11.2 Å². The average Bonchev–Trinajstić information content (AvgIpc) is 2.69. The summed E-state index contributed by atoms with van der Waals surface area (Å²) in [5.74, 6) is 1.10. The van der Waals surface area contributed by atoms with E-state index in [1.54, 1.807) is 18.2 Å². The molecule has 29 heavy (non-hydrogen) atoms. The number of phenolic OH excluding ortho intramolecular Hbond substituents is 1. The number of carbonyl (C=O) groups excluding carboxylic acids is 1. The number of piperidine rings is 1. The minimum atomic E-state index is -0.0960. The van der Waals surface area contributed by atoms with Gasteiger partial charge < -0.3 is 20.1 Å². The summed E-state index contributed by atoms with van der Waals surface area (Å²) < 4.78 is 5.11. The van der Waals surface area contributed by atoms with E-state index in [1.807, 2.05) is 18.2 Å². The third-order valence-corrected chi connectivity index (χ3v) is 5.82. The Hall–Kier alpha value is -2.69. The van der Waals surface area contributed by atoms with Gasteiger partial charge in [-0.3, -0.25) is 4.79 Å². The van der Waals surface area contributed by atoms with Gasteiger partial charge in [-0.2, -0.15) is 0 Å². The van der Waals surface area contributed by atoms with Gasteiger partial charge in [0.1, 0.15) is 0 Å². The lowest BCUT2D eigenvalue weighted by atomic mass is 9.75. The van der Waals surface area contributed by atoms with Gasteiger partial charge in [0.05, 0.1) is 13.5 Å². The maximum absolute atomic E-state index is 12.5. The molecule has 1 aliphatic heterocycles. The first-order valence-electron chi connectivity index (χ1n) is 10.3. The third kappa shape index (κ3) is 5.43. The number of anilines is 2. The van der Waals surface area contributed by atoms with Crippen molar-refractivity contribution in [3.8, 4) is 11.5 Å². The number of ether oxygens (including phenoxy) is 1. The van der Waals surface area contributed by atoms with Gasteiger partial charge >= 0.3 is 0 Å². The first-order chi connectivity index (χ1) is 13.8. The van der Waals surface area contributed by atoms with Crippen LogP contribution in [-0.2, 0) is 11.2 Å². The Labute approximate surface area is 173 Å². The van der Waals surface area contributed by atoms with Crippen LogP contribution >= 0.6 is 0 Å². The number of hydrogen-bond acceptors (Lipinski definition) is 4. The molecule has 0 aromatic heterocycles. The number of aromatic hydroxyl groups is 1. The monoisotopic (exact) mass is 396 g/mol. The lowest BCUT2D eigenvalue weighted by Gasteiger charge is -2.39. The molecule has 0 spiro atoms. The second-order valence-corrected chi connectivity index (χ2v) is 8.91. The predicted molar refractivity (Wildman–Crippen MR) is 118 cm³/mol. The van der Waals surface area contributed by atoms with Crippen LogP contribution in [0.2, 0.25) is 0 Å². The van der Waals surface area contributed by atoms with E-state index in [9.17, 15) is 9.90 Å². The first kappa shape index (κ1) is 21.0. The topological polar surface area (TPSA) is 61.8 Å². The van der Waals surface area contributed by atoms with Gasteiger partial charge in [0.15, 0.2) is 11.5 Å². The van der Waals surface area contributed by atoms with Gasteiger partial charge in [-0.05, 0) is 60.1 Å². The quantitative estimate of drug-likeness (QED) is 0.759. The van der Waals surface area contributed by atoms with Crippen LogP contribution in [0.1, 0.15) is 39.2 Å². The van der Waals surface area contributed by atoms with Crippen LogP contribution in [0, 0.1) is 11.3 Å². The standard InChI is InChI=1S/C24H32N2O3/c1-24(2,3)18-10-12-26(13-11-18)20-7-5-6-19(16-20)25-23(28)15-17-8-9-21(27)22(14-17)29-4/h5-9,14,16,18,27H,10-13,15H2,1-4H3,(H,25,28). The van der Waals surface area contributed by atoms with E-state index in [4.69, 9.17) is 4.74 Å². The summed E-state index contributed by atoms with van der Waals surface area (Å²) in [6, 6.07) is 13.0. The number of phenols is 1. The van der Waals surface area contributed by atoms with E-state index in [-0.39, 0.29) is 18.1 Å². The molecule has 0 bridgehead atoms. The molecule has 156 valence electrons. The van der Waals surface area contributed by atoms with Gasteiger partial charge in [0, 0.05) is 24.5 Å². The predicted octanol–water partition coefficient (Wildman–Crippen LogP) is 4.84. The number of carbonyl (C=O) groups is 1. The summed E-state index contributed by atoms with van der Waals surface area (Å²) >= 11 is 0. The van der Waals surface area contributed by atoms with Crippen LogP contribution in [0.3, 0.4) is 0 Å². The summed E-state index contributed by atoms with van der Waals surface area (Å²) in [6.45, 7) is 9.08. The summed E-state index contributed by atoms with van der Waals surface area (Å²) in [5.41, 5.74) is 3.11. The number of nitrogens with one attached hydrogen (secondary N) is 1. The molecule has 1 aliphatic rings. The van der Waals surface area contributed by atoms with Gasteiger partial charge in [-0.1, -0.05) is 32.9 Å². The van der Waals surface area contributed by atoms with Gasteiger partial charge in [0.25, 0.3) is 0 Å². The molecule has 3 rings (SSSR count). The third-order valence-electron chi connectivity index (χ3n) is 5.82. The van der Waals surface area contributed by atoms with Gasteiger partial charge in [-0.15, -0.1) is 0 Å². The molecule has 2 aromatic rings. The van der Waals surface area contributed by atoms with Gasteiger partial charge in [-0.25, -0.2) is 0 Å². The summed E-state index contributed by atoms with van der Waals surface area (Å²) in [6.07, 6.45) is 2.61. The molecule has 0 radical (unpaired) electrons. The summed E-state index contributed by atoms with van der Waals surface area (Å²) in [7, 11) is 1.49. The highest BCUT2D eigenvalue weighted by Crippen LogP contribution is 2.36. The molecule has 1 amide bonds. The van der Waals surface area contributed by atoms with Crippen molar-refractivity contribution in [2.24, 2.45) is 11.3 Å². The lowest BCUT2D eigenvalue weighted by Crippen LogP contribution is -2.38. The Morgan fingerprint density at radius 2 is 1.90 bits per heavy atom. The van der Waals surface area contributed by atoms with Crippen molar-refractivity contribution in [1.82, 2.24) is 0 Å². The zero-order valence-corrected chi connectivity index (χ0v) is 17.9. The molecule has 2 aromatic carbocycles. The average molecular weight is 397 g/mol. The normalized spacial score (nSPS) is 15.2. The fraction of sp³-hybridized carbons (Fsp3) is 0.458. The Morgan fingerprint density at radius 3 is 2.55 bits per heavy atom. The molecule has 2 N–H and O–H groups in total. The van der Waals surface area contributed by atoms with E-state index in [0.717, 1.165) is 35.9 Å². The largest absolute Gasteiger partial charge is 0.504 e. The molecule has 1 fully saturated rings. The van der Waals surface area contributed by atoms with E-state index >= 15 is 0 Å². The van der Waals surface area contributed by atoms with Crippen LogP contribution in [0.25, 0.3) is 0 Å². The number of methoxy groups -OCH3 is 1. The molecule has 0 saturated carbocycles. The maximum Gasteiger partial charge on any atom is 0.228 e. The smallest absolute Gasteiger partial charge is 0.228 e. The highest BCUT2D eigenvalue weighted by molar-refractivity contribution is 5.92. The van der Waals surface area contributed by atoms with E-state index < -0.39 is 0 Å². The van der Waals surface area contributed by atoms with Crippen molar-refractivity contribution in [3.05, 3.63) is 48.0 Å². The van der Waals surface area contributed by atoms with Crippen LogP contribution in [-0.4, -0.2) is 31.2 Å². The van der Waals surface area contributed by atoms with Crippen molar-refractivity contribution in [2.45, 2.75) is 40.0 Å². The van der Waals surface area contributed by atoms with E-state index in [1.165, 1.54) is 20.0 Å². The second-order valence-electron chi connectivity index (χ2n) is 8.91. The Bertz CT molecular complexity index is 849. The van der Waals surface area contributed by atoms with Crippen molar-refractivity contribution >= 4 is 17.3 Å². The lowest BCUT2D eigenvalue weighted by molar-refractivity contribution is -0.115. The second kappa shape index (κ2) is 8.76. The Morgan fingerprint density at radius 1 is 1.17 bits per heavy atom. The minimum Gasteiger partial charge on any atom is -0.504 e. The molecule has 5 heteroatoms. The molecular formula is C24H32N2O3. The van der Waals surface area contributed by atoms with Crippen molar-refractivity contribution in [1.29, 1.82) is 0 Å². The molecule has 0 unspecified atom stereocenters. The maximum atomic E-state index is 12.5. The Balaban J connectivity index is 1.61. The van der Waals surface area contributed by atoms with Crippen molar-refractivity contribution in [3.63, 3.8) is 0 Å². The highest BCUT2D eigenvalue weighted by atomic mass is 16.5. The number of hydrogen-bond donors (Lipinski definition) is 2. The van der Waals surface area contributed by atoms with Gasteiger partial charge in [0.2, 0.25) is 5.91 Å². The molecule has 1 heterocycles. The SMILES string of the molecule is COc1cc(CC(=O)Nc2cccc(N3CCC(C(C)(C)C)CC3)c2)ccc1O. The summed E-state index contributed by atoms with van der Waals surface area (Å²) in [5, 5.41) is 12.7. The fourth-order valence-electron chi connectivity index (χ4n) is 4.01. The number of rotatable bonds is 5. The molecule has 0 atom stereocenters. The minimum absolute atomic E-state index is 0.0691. The number of amides is 1.